The highest BCUT2D eigenvalue weighted by Gasteiger charge is 2.29. The molecular weight excluding hydrogens is 448 g/mol. The Morgan fingerprint density at radius 3 is 2.73 bits per heavy atom. The van der Waals surface area contributed by atoms with Crippen LogP contribution >= 0.6 is 12.4 Å². The highest BCUT2D eigenvalue weighted by atomic mass is 35.5. The van der Waals surface area contributed by atoms with Crippen LogP contribution in [0.25, 0.3) is 10.9 Å². The van der Waals surface area contributed by atoms with Gasteiger partial charge in [-0.25, -0.2) is 8.78 Å². The van der Waals surface area contributed by atoms with E-state index in [1.165, 1.54) is 18.2 Å². The Morgan fingerprint density at radius 2 is 1.97 bits per heavy atom. The van der Waals surface area contributed by atoms with Gasteiger partial charge in [-0.1, -0.05) is 19.1 Å². The van der Waals surface area contributed by atoms with Crippen molar-refractivity contribution >= 4 is 29.2 Å². The Kier molecular flexibility index (Phi) is 8.32. The summed E-state index contributed by atoms with van der Waals surface area (Å²) in [6.45, 7) is 4.96. The summed E-state index contributed by atoms with van der Waals surface area (Å²) in [6.07, 6.45) is 5.28. The topological polar surface area (TPSA) is 60.5 Å². The standard InChI is InChI=1S/C25H29F2N3O2.ClH/c1-2-11-29(12-3-4-13-30-14-10-17-6-5-7-21(26)23(17)30)18-15-20-19(25(28)31)8-9-22(27)24(20)32-16-18;/h5-10,14,18H,2-4,11-13,15-16H2,1H3,(H2,28,31);1H. The number of amides is 1. The van der Waals surface area contributed by atoms with E-state index in [4.69, 9.17) is 10.5 Å². The first-order chi connectivity index (χ1) is 15.5. The van der Waals surface area contributed by atoms with Gasteiger partial charge < -0.3 is 15.0 Å². The minimum atomic E-state index is -0.571. The summed E-state index contributed by atoms with van der Waals surface area (Å²) < 4.78 is 36.1. The molecule has 5 nitrogen and oxygen atoms in total. The van der Waals surface area contributed by atoms with E-state index in [9.17, 15) is 13.6 Å². The van der Waals surface area contributed by atoms with E-state index in [2.05, 4.69) is 11.8 Å². The molecule has 0 saturated carbocycles. The molecule has 33 heavy (non-hydrogen) atoms. The molecule has 1 aromatic heterocycles. The van der Waals surface area contributed by atoms with Gasteiger partial charge in [0.1, 0.15) is 12.4 Å². The average Bonchev–Trinajstić information content (AvgIpc) is 3.20. The molecule has 1 aliphatic heterocycles. The van der Waals surface area contributed by atoms with Crippen molar-refractivity contribution in [3.05, 3.63) is 65.4 Å². The second-order valence-corrected chi connectivity index (χ2v) is 8.37. The summed E-state index contributed by atoms with van der Waals surface area (Å²) in [6, 6.07) is 9.79. The summed E-state index contributed by atoms with van der Waals surface area (Å²) in [5.74, 6) is -1.08. The van der Waals surface area contributed by atoms with Crippen LogP contribution in [0.5, 0.6) is 5.75 Å². The number of carbonyl (C=O) groups is 1. The van der Waals surface area contributed by atoms with Crippen molar-refractivity contribution in [2.75, 3.05) is 19.7 Å². The van der Waals surface area contributed by atoms with E-state index in [1.54, 1.807) is 6.07 Å². The molecule has 2 N–H and O–H groups in total. The Balaban J connectivity index is 0.00000306. The molecule has 0 radical (unpaired) electrons. The number of rotatable bonds is 9. The van der Waals surface area contributed by atoms with Gasteiger partial charge in [-0.2, -0.15) is 0 Å². The molecule has 8 heteroatoms. The molecule has 2 heterocycles. The smallest absolute Gasteiger partial charge is 0.249 e. The van der Waals surface area contributed by atoms with Gasteiger partial charge in [0, 0.05) is 35.3 Å². The number of benzene rings is 2. The lowest BCUT2D eigenvalue weighted by atomic mass is 9.95. The van der Waals surface area contributed by atoms with Crippen LogP contribution in [-0.2, 0) is 13.0 Å². The number of aryl methyl sites for hydroxylation is 1. The predicted molar refractivity (Wildman–Crippen MR) is 128 cm³/mol. The highest BCUT2D eigenvalue weighted by Crippen LogP contribution is 2.32. The van der Waals surface area contributed by atoms with Crippen molar-refractivity contribution in [3.63, 3.8) is 0 Å². The fraction of sp³-hybridized carbons (Fsp3) is 0.400. The van der Waals surface area contributed by atoms with E-state index < -0.39 is 11.7 Å². The number of aromatic nitrogens is 1. The summed E-state index contributed by atoms with van der Waals surface area (Å²) in [7, 11) is 0. The number of ether oxygens (including phenoxy) is 1. The maximum absolute atomic E-state index is 14.2. The molecule has 0 bridgehead atoms. The first-order valence-corrected chi connectivity index (χ1v) is 11.2. The summed E-state index contributed by atoms with van der Waals surface area (Å²) >= 11 is 0. The molecule has 178 valence electrons. The first-order valence-electron chi connectivity index (χ1n) is 11.2. The minimum Gasteiger partial charge on any atom is -0.489 e. The van der Waals surface area contributed by atoms with Crippen molar-refractivity contribution in [2.45, 2.75) is 45.2 Å². The molecule has 0 aliphatic carbocycles. The van der Waals surface area contributed by atoms with Gasteiger partial charge in [0.15, 0.2) is 11.6 Å². The van der Waals surface area contributed by atoms with Crippen LogP contribution in [-0.4, -0.2) is 41.1 Å². The minimum absolute atomic E-state index is 0. The van der Waals surface area contributed by atoms with Gasteiger partial charge >= 0.3 is 0 Å². The lowest BCUT2D eigenvalue weighted by molar-refractivity contribution is 0.0984. The molecule has 2 aromatic carbocycles. The highest BCUT2D eigenvalue weighted by molar-refractivity contribution is 5.95. The second kappa shape index (κ2) is 11.0. The van der Waals surface area contributed by atoms with Crippen molar-refractivity contribution < 1.29 is 18.3 Å². The maximum Gasteiger partial charge on any atom is 0.249 e. The van der Waals surface area contributed by atoms with Crippen LogP contribution in [0.2, 0.25) is 0 Å². The van der Waals surface area contributed by atoms with Crippen molar-refractivity contribution in [3.8, 4) is 5.75 Å². The van der Waals surface area contributed by atoms with Crippen molar-refractivity contribution in [2.24, 2.45) is 5.73 Å². The van der Waals surface area contributed by atoms with Crippen LogP contribution < -0.4 is 10.5 Å². The first kappa shape index (κ1) is 25.0. The number of unbranched alkanes of at least 4 members (excludes halogenated alkanes) is 1. The molecule has 1 aliphatic rings. The zero-order chi connectivity index (χ0) is 22.7. The molecule has 0 spiro atoms. The molecule has 0 fully saturated rings. The molecule has 1 amide bonds. The molecule has 1 atom stereocenters. The lowest BCUT2D eigenvalue weighted by Gasteiger charge is -2.35. The second-order valence-electron chi connectivity index (χ2n) is 8.37. The maximum atomic E-state index is 14.2. The van der Waals surface area contributed by atoms with E-state index in [1.807, 2.05) is 22.9 Å². The van der Waals surface area contributed by atoms with Gasteiger partial charge in [-0.15, -0.1) is 12.4 Å². The van der Waals surface area contributed by atoms with Crippen LogP contribution in [0, 0.1) is 11.6 Å². The number of para-hydroxylation sites is 1. The molecule has 4 rings (SSSR count). The van der Waals surface area contributed by atoms with Gasteiger partial charge in [0.2, 0.25) is 5.91 Å². The zero-order valence-electron chi connectivity index (χ0n) is 18.7. The van der Waals surface area contributed by atoms with Crippen LogP contribution in [0.15, 0.2) is 42.6 Å². The largest absolute Gasteiger partial charge is 0.489 e. The Hall–Kier alpha value is -2.64. The predicted octanol–water partition coefficient (Wildman–Crippen LogP) is 4.94. The number of fused-ring (bicyclic) bond motifs is 2. The number of nitrogens with zero attached hydrogens (tertiary/aromatic N) is 2. The number of carbonyl (C=O) groups excluding carboxylic acids is 1. The number of halogens is 3. The fourth-order valence-corrected chi connectivity index (χ4v) is 4.66. The molecule has 0 saturated heterocycles. The van der Waals surface area contributed by atoms with Gasteiger partial charge in [0.05, 0.1) is 5.52 Å². The van der Waals surface area contributed by atoms with Crippen molar-refractivity contribution in [1.29, 1.82) is 0 Å². The number of hydrogen-bond donors (Lipinski definition) is 1. The molecule has 1 unspecified atom stereocenters. The lowest BCUT2D eigenvalue weighted by Crippen LogP contribution is -2.44. The number of hydrogen-bond acceptors (Lipinski definition) is 3. The van der Waals surface area contributed by atoms with Gasteiger partial charge in [-0.05, 0) is 63.0 Å². The van der Waals surface area contributed by atoms with Gasteiger partial charge in [0.25, 0.3) is 0 Å². The van der Waals surface area contributed by atoms with Crippen molar-refractivity contribution in [1.82, 2.24) is 9.47 Å². The summed E-state index contributed by atoms with van der Waals surface area (Å²) in [5, 5.41) is 0.910. The normalized spacial score (nSPS) is 15.2. The van der Waals surface area contributed by atoms with Gasteiger partial charge in [-0.3, -0.25) is 9.69 Å². The monoisotopic (exact) mass is 477 g/mol. The summed E-state index contributed by atoms with van der Waals surface area (Å²) in [5.41, 5.74) is 7.04. The Bertz CT molecular complexity index is 1120. The van der Waals surface area contributed by atoms with E-state index in [0.29, 0.717) is 29.7 Å². The zero-order valence-corrected chi connectivity index (χ0v) is 19.5. The van der Waals surface area contributed by atoms with Crippen LogP contribution in [0.1, 0.15) is 42.1 Å². The summed E-state index contributed by atoms with van der Waals surface area (Å²) in [4.78, 5) is 14.2. The van der Waals surface area contributed by atoms with E-state index in [-0.39, 0.29) is 30.0 Å². The Morgan fingerprint density at radius 1 is 1.15 bits per heavy atom. The fourth-order valence-electron chi connectivity index (χ4n) is 4.66. The Labute approximate surface area is 198 Å². The van der Waals surface area contributed by atoms with E-state index in [0.717, 1.165) is 44.3 Å². The van der Waals surface area contributed by atoms with Crippen LogP contribution in [0.4, 0.5) is 8.78 Å². The molecular formula is C25H30ClF2N3O2. The number of primary amides is 1. The SMILES string of the molecule is CCCN(CCCCn1ccc2cccc(F)c21)C1COc2c(F)ccc(C(N)=O)c2C1.Cl. The number of nitrogens with two attached hydrogens (primary N) is 1. The third kappa shape index (κ3) is 5.31. The third-order valence-electron chi connectivity index (χ3n) is 6.20. The van der Waals surface area contributed by atoms with E-state index >= 15 is 0 Å². The molecule has 3 aromatic rings. The van der Waals surface area contributed by atoms with Crippen LogP contribution in [0.3, 0.4) is 0 Å². The average molecular weight is 478 g/mol. The quantitative estimate of drug-likeness (QED) is 0.444. The third-order valence-corrected chi connectivity index (χ3v) is 6.20.